The molecule has 164 valence electrons. The van der Waals surface area contributed by atoms with Gasteiger partial charge in [-0.2, -0.15) is 10.2 Å². The van der Waals surface area contributed by atoms with Gasteiger partial charge in [0.25, 0.3) is 0 Å². The van der Waals surface area contributed by atoms with Gasteiger partial charge in [0.1, 0.15) is 17.4 Å². The lowest BCUT2D eigenvalue weighted by atomic mass is 10.1. The highest BCUT2D eigenvalue weighted by molar-refractivity contribution is 5.49. The lowest BCUT2D eigenvalue weighted by Crippen LogP contribution is -1.96. The van der Waals surface area contributed by atoms with Crippen molar-refractivity contribution in [3.8, 4) is 17.6 Å². The van der Waals surface area contributed by atoms with Gasteiger partial charge >= 0.3 is 0 Å². The Hall–Kier alpha value is -3.52. The first-order valence-electron chi connectivity index (χ1n) is 10.8. The van der Waals surface area contributed by atoms with Crippen molar-refractivity contribution in [2.45, 2.75) is 39.5 Å². The van der Waals surface area contributed by atoms with Crippen LogP contribution in [0.4, 0.5) is 20.2 Å². The number of unbranched alkanes of at least 4 members (excludes halogenated alkanes) is 2. The fraction of sp³-hybridized carbons (Fsp3) is 0.259. The van der Waals surface area contributed by atoms with Crippen molar-refractivity contribution in [1.82, 2.24) is 0 Å². The first kappa shape index (κ1) is 23.1. The Balaban J connectivity index is 1.61. The minimum atomic E-state index is -0.642. The fourth-order valence-electron chi connectivity index (χ4n) is 2.96. The zero-order chi connectivity index (χ0) is 22.8. The summed E-state index contributed by atoms with van der Waals surface area (Å²) >= 11 is 0. The van der Waals surface area contributed by atoms with Crippen LogP contribution in [0.3, 0.4) is 0 Å². The van der Waals surface area contributed by atoms with E-state index in [1.165, 1.54) is 18.6 Å². The maximum absolute atomic E-state index is 14.1. The van der Waals surface area contributed by atoms with Crippen molar-refractivity contribution in [2.24, 2.45) is 10.2 Å². The number of aryl methyl sites for hydroxylation is 1. The Bertz CT molecular complexity index is 1090. The van der Waals surface area contributed by atoms with Crippen LogP contribution in [0.25, 0.3) is 0 Å². The minimum absolute atomic E-state index is 0.219. The van der Waals surface area contributed by atoms with Crippen LogP contribution in [-0.2, 0) is 6.42 Å². The van der Waals surface area contributed by atoms with Gasteiger partial charge < -0.3 is 4.74 Å². The van der Waals surface area contributed by atoms with Crippen molar-refractivity contribution < 1.29 is 13.5 Å². The normalized spacial score (nSPS) is 10.8. The first-order chi connectivity index (χ1) is 15.6. The SMILES string of the molecule is CCCCCOc1ccc(N=Nc2ccc(C#Cc3c(F)cc(CC)cc3F)cc2)cc1. The van der Waals surface area contributed by atoms with Crippen molar-refractivity contribution >= 4 is 11.4 Å². The summed E-state index contributed by atoms with van der Waals surface area (Å²) in [4.78, 5) is 0. The minimum Gasteiger partial charge on any atom is -0.494 e. The Morgan fingerprint density at radius 2 is 1.38 bits per heavy atom. The molecule has 0 aliphatic carbocycles. The molecule has 0 aliphatic heterocycles. The lowest BCUT2D eigenvalue weighted by molar-refractivity contribution is 0.306. The van der Waals surface area contributed by atoms with E-state index in [0.717, 1.165) is 24.3 Å². The number of hydrogen-bond acceptors (Lipinski definition) is 3. The molecule has 32 heavy (non-hydrogen) atoms. The molecule has 3 nitrogen and oxygen atoms in total. The smallest absolute Gasteiger partial charge is 0.142 e. The molecular weight excluding hydrogens is 406 g/mol. The second kappa shape index (κ2) is 11.8. The van der Waals surface area contributed by atoms with Crippen LogP contribution >= 0.6 is 0 Å². The summed E-state index contributed by atoms with van der Waals surface area (Å²) in [5, 5.41) is 8.44. The third-order valence-electron chi connectivity index (χ3n) is 4.84. The molecule has 0 atom stereocenters. The summed E-state index contributed by atoms with van der Waals surface area (Å²) in [6.07, 6.45) is 3.94. The highest BCUT2D eigenvalue weighted by Crippen LogP contribution is 2.22. The van der Waals surface area contributed by atoms with Gasteiger partial charge in [0.2, 0.25) is 0 Å². The number of ether oxygens (including phenoxy) is 1. The molecule has 0 radical (unpaired) electrons. The van der Waals surface area contributed by atoms with E-state index in [-0.39, 0.29) is 5.56 Å². The third-order valence-corrected chi connectivity index (χ3v) is 4.84. The standard InChI is InChI=1S/C27H26F2N2O/c1-3-5-6-17-32-24-14-12-23(13-15-24)31-30-22-10-7-21(8-11-22)9-16-25-26(28)18-20(4-2)19-27(25)29/h7-8,10-15,18-19H,3-6,17H2,1-2H3. The predicted octanol–water partition coefficient (Wildman–Crippen LogP) is 7.91. The molecule has 0 amide bonds. The number of hydrogen-bond donors (Lipinski definition) is 0. The second-order valence-corrected chi connectivity index (χ2v) is 7.33. The molecule has 0 saturated carbocycles. The van der Waals surface area contributed by atoms with Gasteiger partial charge in [-0.15, -0.1) is 0 Å². The molecule has 0 fully saturated rings. The van der Waals surface area contributed by atoms with Crippen LogP contribution in [-0.4, -0.2) is 6.61 Å². The average molecular weight is 433 g/mol. The number of rotatable bonds is 8. The second-order valence-electron chi connectivity index (χ2n) is 7.33. The van der Waals surface area contributed by atoms with Gasteiger partial charge in [0.15, 0.2) is 0 Å². The molecule has 0 unspecified atom stereocenters. The van der Waals surface area contributed by atoms with E-state index in [1.807, 2.05) is 31.2 Å². The third kappa shape index (κ3) is 6.75. The zero-order valence-electron chi connectivity index (χ0n) is 18.4. The highest BCUT2D eigenvalue weighted by Gasteiger charge is 2.08. The van der Waals surface area contributed by atoms with Crippen LogP contribution in [0.5, 0.6) is 5.75 Å². The van der Waals surface area contributed by atoms with Crippen molar-refractivity contribution in [3.05, 3.63) is 89.0 Å². The first-order valence-corrected chi connectivity index (χ1v) is 10.8. The van der Waals surface area contributed by atoms with Crippen molar-refractivity contribution in [3.63, 3.8) is 0 Å². The van der Waals surface area contributed by atoms with E-state index in [9.17, 15) is 8.78 Å². The number of azo groups is 1. The molecule has 3 rings (SSSR count). The van der Waals surface area contributed by atoms with Crippen molar-refractivity contribution in [2.75, 3.05) is 6.61 Å². The molecule has 0 bridgehead atoms. The maximum Gasteiger partial charge on any atom is 0.142 e. The fourth-order valence-corrected chi connectivity index (χ4v) is 2.96. The maximum atomic E-state index is 14.1. The lowest BCUT2D eigenvalue weighted by Gasteiger charge is -2.05. The van der Waals surface area contributed by atoms with Gasteiger partial charge in [0.05, 0.1) is 23.5 Å². The van der Waals surface area contributed by atoms with Crippen molar-refractivity contribution in [1.29, 1.82) is 0 Å². The summed E-state index contributed by atoms with van der Waals surface area (Å²) in [5.41, 5.74) is 2.39. The van der Waals surface area contributed by atoms with Crippen LogP contribution in [0.15, 0.2) is 70.9 Å². The molecule has 0 aromatic heterocycles. The van der Waals surface area contributed by atoms with Crippen LogP contribution in [0, 0.1) is 23.5 Å². The number of benzene rings is 3. The predicted molar refractivity (Wildman–Crippen MR) is 124 cm³/mol. The molecular formula is C27H26F2N2O. The molecule has 0 heterocycles. The van der Waals surface area contributed by atoms with Gasteiger partial charge in [-0.3, -0.25) is 0 Å². The largest absolute Gasteiger partial charge is 0.494 e. The monoisotopic (exact) mass is 432 g/mol. The van der Waals surface area contributed by atoms with Crippen LogP contribution < -0.4 is 4.74 Å². The van der Waals surface area contributed by atoms with E-state index in [1.54, 1.807) is 24.3 Å². The van der Waals surface area contributed by atoms with E-state index < -0.39 is 11.6 Å². The van der Waals surface area contributed by atoms with Crippen LogP contribution in [0.2, 0.25) is 0 Å². The van der Waals surface area contributed by atoms with Gasteiger partial charge in [0, 0.05) is 5.56 Å². The molecule has 0 saturated heterocycles. The molecule has 0 spiro atoms. The van der Waals surface area contributed by atoms with Gasteiger partial charge in [-0.05, 0) is 79.1 Å². The quantitative estimate of drug-likeness (QED) is 0.202. The van der Waals surface area contributed by atoms with Gasteiger partial charge in [-0.25, -0.2) is 8.78 Å². The summed E-state index contributed by atoms with van der Waals surface area (Å²) in [6.45, 7) is 4.72. The van der Waals surface area contributed by atoms with E-state index >= 15 is 0 Å². The number of nitrogens with zero attached hydrogens (tertiary/aromatic N) is 2. The Morgan fingerprint density at radius 3 is 1.94 bits per heavy atom. The molecule has 3 aromatic rings. The van der Waals surface area contributed by atoms with E-state index in [4.69, 9.17) is 4.74 Å². The highest BCUT2D eigenvalue weighted by atomic mass is 19.1. The Labute approximate surface area is 188 Å². The zero-order valence-corrected chi connectivity index (χ0v) is 18.4. The Kier molecular flexibility index (Phi) is 8.51. The molecule has 0 aliphatic rings. The van der Waals surface area contributed by atoms with Crippen LogP contribution in [0.1, 0.15) is 49.8 Å². The Morgan fingerprint density at radius 1 is 0.781 bits per heavy atom. The average Bonchev–Trinajstić information content (AvgIpc) is 2.81. The number of halogens is 2. The summed E-state index contributed by atoms with van der Waals surface area (Å²) in [7, 11) is 0. The molecule has 3 aromatic carbocycles. The summed E-state index contributed by atoms with van der Waals surface area (Å²) in [5.74, 6) is 4.92. The van der Waals surface area contributed by atoms with Gasteiger partial charge in [-0.1, -0.05) is 38.5 Å². The molecule has 5 heteroatoms. The van der Waals surface area contributed by atoms with E-state index in [2.05, 4.69) is 29.0 Å². The van der Waals surface area contributed by atoms with E-state index in [0.29, 0.717) is 29.8 Å². The topological polar surface area (TPSA) is 34.0 Å². The summed E-state index contributed by atoms with van der Waals surface area (Å²) in [6, 6.07) is 17.1. The summed E-state index contributed by atoms with van der Waals surface area (Å²) < 4.78 is 33.8. The molecule has 0 N–H and O–H groups in total.